The van der Waals surface area contributed by atoms with Gasteiger partial charge in [-0.15, -0.1) is 0 Å². The van der Waals surface area contributed by atoms with Crippen LogP contribution in [-0.4, -0.2) is 46.2 Å². The zero-order valence-corrected chi connectivity index (χ0v) is 17.7. The molecule has 3 N–H and O–H groups in total. The Morgan fingerprint density at radius 2 is 2.13 bits per heavy atom. The number of rotatable bonds is 3. The number of aromatic nitrogens is 1. The molecule has 0 aliphatic carbocycles. The van der Waals surface area contributed by atoms with Crippen LogP contribution in [0.4, 0.5) is 14.9 Å². The quantitative estimate of drug-likeness (QED) is 0.638. The standard InChI is InChI=1S/C20H18ClFN4O4S/c21-12-1-4-16(23-8-12)17(27)24-13-2-3-15(22)14(7-13)20-5-6-30-9-11(20)10-31-18(26-20)25-19(28)29/h1-4,7-8,11H,5-6,9-10H2,(H,24,27)(H,25,26)(H,28,29)/t11?,20-/m0/s1. The molecular formula is C20H18ClFN4O4S. The predicted molar refractivity (Wildman–Crippen MR) is 115 cm³/mol. The minimum atomic E-state index is -1.23. The van der Waals surface area contributed by atoms with E-state index in [1.807, 2.05) is 0 Å². The lowest BCUT2D eigenvalue weighted by molar-refractivity contribution is 0.00878. The van der Waals surface area contributed by atoms with Crippen LogP contribution in [-0.2, 0) is 10.3 Å². The van der Waals surface area contributed by atoms with Crippen molar-refractivity contribution in [3.63, 3.8) is 0 Å². The van der Waals surface area contributed by atoms with Crippen molar-refractivity contribution in [2.45, 2.75) is 12.0 Å². The van der Waals surface area contributed by atoms with Crippen molar-refractivity contribution in [3.05, 3.63) is 58.6 Å². The SMILES string of the molecule is O=C(O)NC1=N[C@@]2(c3cc(NC(=O)c4ccc(Cl)cn4)ccc3F)CCOCC2CS1. The molecule has 1 saturated heterocycles. The fraction of sp³-hybridized carbons (Fsp3) is 0.300. The van der Waals surface area contributed by atoms with E-state index in [0.29, 0.717) is 36.1 Å². The summed E-state index contributed by atoms with van der Waals surface area (Å²) in [6.45, 7) is 0.733. The summed E-state index contributed by atoms with van der Waals surface area (Å²) in [5.41, 5.74) is -0.172. The molecule has 2 aromatic rings. The van der Waals surface area contributed by atoms with E-state index in [4.69, 9.17) is 21.4 Å². The summed E-state index contributed by atoms with van der Waals surface area (Å²) in [5, 5.41) is 14.7. The number of hydrogen-bond donors (Lipinski definition) is 3. The number of thioether (sulfide) groups is 1. The molecule has 2 aliphatic rings. The van der Waals surface area contributed by atoms with Crippen LogP contribution in [0.25, 0.3) is 0 Å². The molecule has 0 radical (unpaired) electrons. The fourth-order valence-corrected chi connectivity index (χ4v) is 4.96. The summed E-state index contributed by atoms with van der Waals surface area (Å²) in [6.07, 6.45) is 0.517. The first-order valence-electron chi connectivity index (χ1n) is 9.41. The van der Waals surface area contributed by atoms with Gasteiger partial charge in [-0.3, -0.25) is 15.1 Å². The second-order valence-electron chi connectivity index (χ2n) is 7.11. The Morgan fingerprint density at radius 1 is 1.29 bits per heavy atom. The minimum Gasteiger partial charge on any atom is -0.465 e. The van der Waals surface area contributed by atoms with Gasteiger partial charge in [-0.1, -0.05) is 23.4 Å². The first kappa shape index (κ1) is 21.5. The van der Waals surface area contributed by atoms with Crippen LogP contribution in [0.15, 0.2) is 41.5 Å². The van der Waals surface area contributed by atoms with Crippen molar-refractivity contribution in [1.82, 2.24) is 10.3 Å². The highest BCUT2D eigenvalue weighted by Crippen LogP contribution is 2.46. The van der Waals surface area contributed by atoms with Crippen LogP contribution in [0, 0.1) is 11.7 Å². The largest absolute Gasteiger partial charge is 0.465 e. The maximum atomic E-state index is 15.0. The first-order valence-corrected chi connectivity index (χ1v) is 10.8. The van der Waals surface area contributed by atoms with E-state index in [2.05, 4.69) is 20.6 Å². The molecule has 3 heterocycles. The Bertz CT molecular complexity index is 1050. The lowest BCUT2D eigenvalue weighted by atomic mass is 9.75. The molecule has 1 unspecified atom stereocenters. The van der Waals surface area contributed by atoms with Crippen molar-refractivity contribution in [3.8, 4) is 0 Å². The van der Waals surface area contributed by atoms with Crippen LogP contribution in [0.1, 0.15) is 22.5 Å². The molecular weight excluding hydrogens is 447 g/mol. The number of carboxylic acid groups (broad SMARTS) is 1. The number of halogens is 2. The highest BCUT2D eigenvalue weighted by molar-refractivity contribution is 8.13. The molecule has 31 heavy (non-hydrogen) atoms. The van der Waals surface area contributed by atoms with E-state index in [1.54, 1.807) is 12.1 Å². The molecule has 11 heteroatoms. The van der Waals surface area contributed by atoms with E-state index < -0.39 is 23.4 Å². The van der Waals surface area contributed by atoms with Gasteiger partial charge in [0.2, 0.25) is 0 Å². The van der Waals surface area contributed by atoms with Crippen molar-refractivity contribution in [2.75, 3.05) is 24.3 Å². The van der Waals surface area contributed by atoms with Crippen molar-refractivity contribution in [2.24, 2.45) is 10.9 Å². The van der Waals surface area contributed by atoms with Crippen molar-refractivity contribution in [1.29, 1.82) is 0 Å². The number of nitrogens with zero attached hydrogens (tertiary/aromatic N) is 2. The molecule has 0 saturated carbocycles. The van der Waals surface area contributed by atoms with Gasteiger partial charge in [0.25, 0.3) is 5.91 Å². The van der Waals surface area contributed by atoms with Gasteiger partial charge >= 0.3 is 6.09 Å². The Kier molecular flexibility index (Phi) is 6.12. The smallest absolute Gasteiger partial charge is 0.410 e. The summed E-state index contributed by atoms with van der Waals surface area (Å²) in [4.78, 5) is 32.2. The predicted octanol–water partition coefficient (Wildman–Crippen LogP) is 3.73. The number of aliphatic imine (C=N–C) groups is 1. The third-order valence-corrected chi connectivity index (χ3v) is 6.47. The number of amidine groups is 1. The zero-order valence-electron chi connectivity index (χ0n) is 16.1. The number of amides is 2. The zero-order chi connectivity index (χ0) is 22.0. The van der Waals surface area contributed by atoms with Gasteiger partial charge in [0.15, 0.2) is 5.17 Å². The third kappa shape index (κ3) is 4.51. The number of hydrogen-bond acceptors (Lipinski definition) is 6. The van der Waals surface area contributed by atoms with Gasteiger partial charge in [0.05, 0.1) is 17.2 Å². The summed E-state index contributed by atoms with van der Waals surface area (Å²) < 4.78 is 20.6. The Labute approximate surface area is 186 Å². The molecule has 0 bridgehead atoms. The van der Waals surface area contributed by atoms with Gasteiger partial charge in [-0.25, -0.2) is 14.2 Å². The van der Waals surface area contributed by atoms with E-state index >= 15 is 4.39 Å². The lowest BCUT2D eigenvalue weighted by Crippen LogP contribution is -2.48. The van der Waals surface area contributed by atoms with Crippen LogP contribution >= 0.6 is 23.4 Å². The number of fused-ring (bicyclic) bond motifs is 1. The molecule has 1 fully saturated rings. The first-order chi connectivity index (χ1) is 14.9. The molecule has 2 amide bonds. The van der Waals surface area contributed by atoms with Gasteiger partial charge in [0, 0.05) is 42.1 Å². The molecule has 0 spiro atoms. The summed E-state index contributed by atoms with van der Waals surface area (Å²) in [6, 6.07) is 7.30. The second-order valence-corrected chi connectivity index (χ2v) is 8.56. The van der Waals surface area contributed by atoms with Gasteiger partial charge in [-0.05, 0) is 30.3 Å². The van der Waals surface area contributed by atoms with E-state index in [-0.39, 0.29) is 22.3 Å². The van der Waals surface area contributed by atoms with Gasteiger partial charge < -0.3 is 15.2 Å². The molecule has 8 nitrogen and oxygen atoms in total. The van der Waals surface area contributed by atoms with Crippen molar-refractivity contribution < 1.29 is 23.8 Å². The normalized spacial score (nSPS) is 22.8. The summed E-state index contributed by atoms with van der Waals surface area (Å²) in [5.74, 6) is -0.584. The highest BCUT2D eigenvalue weighted by atomic mass is 35.5. The molecule has 1 aromatic carbocycles. The van der Waals surface area contributed by atoms with Crippen LogP contribution in [0.5, 0.6) is 0 Å². The number of ether oxygens (including phenoxy) is 1. The number of benzene rings is 1. The molecule has 2 atom stereocenters. The van der Waals surface area contributed by atoms with Crippen LogP contribution < -0.4 is 10.6 Å². The number of carbonyl (C=O) groups excluding carboxylic acids is 1. The highest BCUT2D eigenvalue weighted by Gasteiger charge is 2.47. The van der Waals surface area contributed by atoms with Crippen LogP contribution in [0.3, 0.4) is 0 Å². The van der Waals surface area contributed by atoms with E-state index in [0.717, 1.165) is 0 Å². The third-order valence-electron chi connectivity index (χ3n) is 5.21. The minimum absolute atomic E-state index is 0.149. The summed E-state index contributed by atoms with van der Waals surface area (Å²) >= 11 is 7.06. The van der Waals surface area contributed by atoms with Crippen LogP contribution in [0.2, 0.25) is 5.02 Å². The second kappa shape index (κ2) is 8.81. The lowest BCUT2D eigenvalue weighted by Gasteiger charge is -2.44. The average Bonchev–Trinajstić information content (AvgIpc) is 2.75. The number of nitrogens with one attached hydrogen (secondary N) is 2. The molecule has 1 aromatic heterocycles. The fourth-order valence-electron chi connectivity index (χ4n) is 3.73. The average molecular weight is 465 g/mol. The molecule has 4 rings (SSSR count). The number of anilines is 1. The monoisotopic (exact) mass is 464 g/mol. The Morgan fingerprint density at radius 3 is 2.87 bits per heavy atom. The van der Waals surface area contributed by atoms with E-state index in [1.165, 1.54) is 36.2 Å². The van der Waals surface area contributed by atoms with Crippen molar-refractivity contribution >= 4 is 46.2 Å². The van der Waals surface area contributed by atoms with Gasteiger partial charge in [0.1, 0.15) is 11.5 Å². The Balaban J connectivity index is 1.69. The maximum absolute atomic E-state index is 15.0. The van der Waals surface area contributed by atoms with Gasteiger partial charge in [-0.2, -0.15) is 0 Å². The molecule has 162 valence electrons. The van der Waals surface area contributed by atoms with E-state index in [9.17, 15) is 9.59 Å². The Hall–Kier alpha value is -2.69. The summed E-state index contributed by atoms with van der Waals surface area (Å²) in [7, 11) is 0. The topological polar surface area (TPSA) is 113 Å². The molecule has 2 aliphatic heterocycles. The number of carbonyl (C=O) groups is 2. The maximum Gasteiger partial charge on any atom is 0.410 e. The number of pyridine rings is 1.